The molecule has 0 fully saturated rings. The van der Waals surface area contributed by atoms with Gasteiger partial charge in [-0.15, -0.1) is 0 Å². The van der Waals surface area contributed by atoms with Crippen molar-refractivity contribution in [3.63, 3.8) is 0 Å². The van der Waals surface area contributed by atoms with Crippen molar-refractivity contribution in [3.05, 3.63) is 86.8 Å². The van der Waals surface area contributed by atoms with E-state index in [1.54, 1.807) is 18.2 Å². The Hall–Kier alpha value is -1.97. The number of hydrogen-bond donors (Lipinski definition) is 1. The first-order valence-corrected chi connectivity index (χ1v) is 9.60. The maximum absolute atomic E-state index is 6.38. The monoisotopic (exact) mass is 432 g/mol. The van der Waals surface area contributed by atoms with Crippen LogP contribution in [-0.2, 0) is 0 Å². The summed E-state index contributed by atoms with van der Waals surface area (Å²) in [5.41, 5.74) is 4.16. The molecule has 0 saturated carbocycles. The van der Waals surface area contributed by atoms with Gasteiger partial charge >= 0.3 is 0 Å². The second-order valence-electron chi connectivity index (χ2n) is 5.92. The van der Waals surface area contributed by atoms with Crippen molar-refractivity contribution in [1.82, 2.24) is 9.97 Å². The Morgan fingerprint density at radius 3 is 1.70 bits per heavy atom. The first-order chi connectivity index (χ1) is 13.0. The Balaban J connectivity index is 1.94. The number of nitrogens with zero attached hydrogens (tertiary/aromatic N) is 1. The van der Waals surface area contributed by atoms with E-state index in [0.29, 0.717) is 31.5 Å². The van der Waals surface area contributed by atoms with Crippen LogP contribution in [0.3, 0.4) is 0 Å². The summed E-state index contributed by atoms with van der Waals surface area (Å²) in [5, 5.41) is 2.39. The lowest BCUT2D eigenvalue weighted by Crippen LogP contribution is -1.84. The Kier molecular flexibility index (Phi) is 5.16. The number of aromatic amines is 1. The van der Waals surface area contributed by atoms with Crippen LogP contribution in [0.25, 0.3) is 33.9 Å². The van der Waals surface area contributed by atoms with Crippen molar-refractivity contribution in [1.29, 1.82) is 0 Å². The fraction of sp³-hybridized carbons (Fsp3) is 0. The van der Waals surface area contributed by atoms with Crippen molar-refractivity contribution >= 4 is 46.4 Å². The molecule has 134 valence electrons. The van der Waals surface area contributed by atoms with Crippen molar-refractivity contribution in [3.8, 4) is 33.9 Å². The van der Waals surface area contributed by atoms with Crippen molar-refractivity contribution in [2.24, 2.45) is 0 Å². The molecular formula is C21H12Cl4N2. The molecule has 0 bridgehead atoms. The molecule has 0 amide bonds. The van der Waals surface area contributed by atoms with E-state index < -0.39 is 0 Å². The number of imidazole rings is 1. The Morgan fingerprint density at radius 2 is 1.15 bits per heavy atom. The number of benzene rings is 3. The van der Waals surface area contributed by atoms with Crippen LogP contribution in [0, 0.1) is 0 Å². The molecule has 0 aliphatic carbocycles. The molecule has 6 heteroatoms. The highest BCUT2D eigenvalue weighted by Gasteiger charge is 2.18. The molecule has 27 heavy (non-hydrogen) atoms. The highest BCUT2D eigenvalue weighted by atomic mass is 35.5. The molecule has 1 N–H and O–H groups in total. The molecule has 4 rings (SSSR count). The fourth-order valence-electron chi connectivity index (χ4n) is 2.86. The quantitative estimate of drug-likeness (QED) is 0.348. The van der Waals surface area contributed by atoms with Crippen molar-refractivity contribution in [2.45, 2.75) is 0 Å². The zero-order valence-corrected chi connectivity index (χ0v) is 16.8. The standard InChI is InChI=1S/C21H12Cl4N2/c22-14-8-4-12(5-9-14)19-20(13-6-10-15(23)11-7-13)27-21(26-19)18-16(24)2-1-3-17(18)25/h1-11H,(H,26,27). The van der Waals surface area contributed by atoms with E-state index in [0.717, 1.165) is 22.5 Å². The maximum atomic E-state index is 6.38. The summed E-state index contributed by atoms with van der Waals surface area (Å²) in [4.78, 5) is 8.17. The zero-order valence-electron chi connectivity index (χ0n) is 13.8. The predicted molar refractivity (Wildman–Crippen MR) is 115 cm³/mol. The summed E-state index contributed by atoms with van der Waals surface area (Å²) >= 11 is 24.8. The molecule has 0 aliphatic heterocycles. The Bertz CT molecular complexity index is 1020. The smallest absolute Gasteiger partial charge is 0.141 e. The summed E-state index contributed by atoms with van der Waals surface area (Å²) in [7, 11) is 0. The normalized spacial score (nSPS) is 11.0. The van der Waals surface area contributed by atoms with Crippen LogP contribution >= 0.6 is 46.4 Å². The second-order valence-corrected chi connectivity index (χ2v) is 7.61. The van der Waals surface area contributed by atoms with Crippen LogP contribution in [0.2, 0.25) is 20.1 Å². The minimum atomic E-state index is 0.529. The summed E-state index contributed by atoms with van der Waals surface area (Å²) in [6.45, 7) is 0. The van der Waals surface area contributed by atoms with Gasteiger partial charge in [-0.25, -0.2) is 4.98 Å². The number of aromatic nitrogens is 2. The first-order valence-electron chi connectivity index (χ1n) is 8.09. The number of H-pyrrole nitrogens is 1. The third-order valence-corrected chi connectivity index (χ3v) is 5.29. The SMILES string of the molecule is Clc1ccc(-c2nc(-c3c(Cl)cccc3Cl)[nH]c2-c2ccc(Cl)cc2)cc1. The average molecular weight is 434 g/mol. The van der Waals surface area contributed by atoms with Crippen LogP contribution in [0.4, 0.5) is 0 Å². The van der Waals surface area contributed by atoms with Crippen molar-refractivity contribution in [2.75, 3.05) is 0 Å². The van der Waals surface area contributed by atoms with Gasteiger partial charge in [0.1, 0.15) is 5.82 Å². The molecule has 0 spiro atoms. The van der Waals surface area contributed by atoms with Crippen LogP contribution in [0.5, 0.6) is 0 Å². The third-order valence-electron chi connectivity index (χ3n) is 4.15. The van der Waals surface area contributed by atoms with Gasteiger partial charge in [-0.3, -0.25) is 0 Å². The molecule has 1 heterocycles. The van der Waals surface area contributed by atoms with E-state index >= 15 is 0 Å². The van der Waals surface area contributed by atoms with Gasteiger partial charge < -0.3 is 4.98 Å². The molecule has 0 unspecified atom stereocenters. The lowest BCUT2D eigenvalue weighted by molar-refractivity contribution is 1.31. The highest BCUT2D eigenvalue weighted by molar-refractivity contribution is 6.39. The molecule has 1 aromatic heterocycles. The van der Waals surface area contributed by atoms with Crippen molar-refractivity contribution < 1.29 is 0 Å². The van der Waals surface area contributed by atoms with E-state index in [-0.39, 0.29) is 0 Å². The van der Waals surface area contributed by atoms with Crippen LogP contribution in [-0.4, -0.2) is 9.97 Å². The van der Waals surface area contributed by atoms with E-state index in [1.807, 2.05) is 48.5 Å². The lowest BCUT2D eigenvalue weighted by atomic mass is 10.1. The summed E-state index contributed by atoms with van der Waals surface area (Å²) in [6.07, 6.45) is 0. The van der Waals surface area contributed by atoms with Gasteiger partial charge in [0.05, 0.1) is 27.0 Å². The van der Waals surface area contributed by atoms with Gasteiger partial charge in [0, 0.05) is 21.2 Å². The molecule has 0 aliphatic rings. The second kappa shape index (κ2) is 7.57. The van der Waals surface area contributed by atoms with Gasteiger partial charge in [-0.05, 0) is 36.4 Å². The molecule has 2 nitrogen and oxygen atoms in total. The minimum Gasteiger partial charge on any atom is -0.337 e. The van der Waals surface area contributed by atoms with Gasteiger partial charge in [0.15, 0.2) is 0 Å². The highest BCUT2D eigenvalue weighted by Crippen LogP contribution is 2.38. The largest absolute Gasteiger partial charge is 0.337 e. The van der Waals surface area contributed by atoms with Crippen LogP contribution < -0.4 is 0 Å². The Labute approximate surface area is 176 Å². The van der Waals surface area contributed by atoms with E-state index in [9.17, 15) is 0 Å². The van der Waals surface area contributed by atoms with E-state index in [4.69, 9.17) is 51.4 Å². The maximum Gasteiger partial charge on any atom is 0.141 e. The topological polar surface area (TPSA) is 28.7 Å². The lowest BCUT2D eigenvalue weighted by Gasteiger charge is -2.04. The zero-order chi connectivity index (χ0) is 19.0. The van der Waals surface area contributed by atoms with Gasteiger partial charge in [0.2, 0.25) is 0 Å². The summed E-state index contributed by atoms with van der Waals surface area (Å²) in [6, 6.07) is 20.4. The molecule has 0 atom stereocenters. The molecule has 4 aromatic rings. The van der Waals surface area contributed by atoms with E-state index in [2.05, 4.69) is 4.98 Å². The van der Waals surface area contributed by atoms with Gasteiger partial charge in [0.25, 0.3) is 0 Å². The molecule has 0 radical (unpaired) electrons. The van der Waals surface area contributed by atoms with E-state index in [1.165, 1.54) is 0 Å². The number of rotatable bonds is 3. The number of hydrogen-bond acceptors (Lipinski definition) is 1. The predicted octanol–water partition coefficient (Wildman–Crippen LogP) is 8.02. The van der Waals surface area contributed by atoms with Gasteiger partial charge in [-0.1, -0.05) is 76.7 Å². The van der Waals surface area contributed by atoms with Crippen LogP contribution in [0.1, 0.15) is 0 Å². The molecule has 3 aromatic carbocycles. The minimum absolute atomic E-state index is 0.529. The molecular weight excluding hydrogens is 422 g/mol. The average Bonchev–Trinajstić information content (AvgIpc) is 3.08. The summed E-state index contributed by atoms with van der Waals surface area (Å²) < 4.78 is 0. The van der Waals surface area contributed by atoms with Crippen LogP contribution in [0.15, 0.2) is 66.7 Å². The third kappa shape index (κ3) is 3.71. The summed E-state index contributed by atoms with van der Waals surface area (Å²) in [5.74, 6) is 0.598. The Morgan fingerprint density at radius 1 is 0.630 bits per heavy atom. The fourth-order valence-corrected chi connectivity index (χ4v) is 3.69. The molecule has 0 saturated heterocycles. The number of nitrogens with one attached hydrogen (secondary N) is 1. The number of halogens is 4. The van der Waals surface area contributed by atoms with Gasteiger partial charge in [-0.2, -0.15) is 0 Å². The first kappa shape index (κ1) is 18.4.